The average Bonchev–Trinajstić information content (AvgIpc) is 2.31. The molecule has 16 heavy (non-hydrogen) atoms. The largest absolute Gasteiger partial charge is 0.423 e. The van der Waals surface area contributed by atoms with Crippen LogP contribution < -0.4 is 4.74 Å². The molecule has 2 aromatic rings. The Morgan fingerprint density at radius 1 is 1.12 bits per heavy atom. The van der Waals surface area contributed by atoms with E-state index < -0.39 is 11.8 Å². The van der Waals surface area contributed by atoms with Crippen LogP contribution in [0.2, 0.25) is 0 Å². The molecule has 0 heterocycles. The third kappa shape index (κ3) is 2.25. The van der Waals surface area contributed by atoms with Crippen LogP contribution in [0.3, 0.4) is 0 Å². The van der Waals surface area contributed by atoms with Crippen molar-refractivity contribution in [3.05, 3.63) is 66.0 Å². The molecule has 2 nitrogen and oxygen atoms in total. The summed E-state index contributed by atoms with van der Waals surface area (Å²) >= 11 is 0. The first-order valence-electron chi connectivity index (χ1n) is 4.70. The van der Waals surface area contributed by atoms with Gasteiger partial charge in [0.05, 0.1) is 5.56 Å². The van der Waals surface area contributed by atoms with E-state index in [0.717, 1.165) is 0 Å². The first-order chi connectivity index (χ1) is 7.77. The standard InChI is InChI=1S/C13H8FO2/c14-12-9-5-4-8-11(12)13(15)16-10-6-2-1-3-7-10/h2-9H. The quantitative estimate of drug-likeness (QED) is 0.568. The van der Waals surface area contributed by atoms with Crippen LogP contribution in [0, 0.1) is 11.9 Å². The molecule has 0 unspecified atom stereocenters. The summed E-state index contributed by atoms with van der Waals surface area (Å²) in [5.41, 5.74) is -0.0738. The Kier molecular flexibility index (Phi) is 2.96. The Labute approximate surface area is 92.3 Å². The van der Waals surface area contributed by atoms with Gasteiger partial charge in [-0.3, -0.25) is 0 Å². The van der Waals surface area contributed by atoms with Gasteiger partial charge in [0.15, 0.2) is 0 Å². The molecule has 0 spiro atoms. The number of halogens is 1. The normalized spacial score (nSPS) is 9.81. The smallest absolute Gasteiger partial charge is 0.346 e. The fourth-order valence-corrected chi connectivity index (χ4v) is 1.23. The minimum absolute atomic E-state index is 0.0738. The molecule has 1 radical (unpaired) electrons. The lowest BCUT2D eigenvalue weighted by Gasteiger charge is -2.04. The van der Waals surface area contributed by atoms with Gasteiger partial charge in [-0.25, -0.2) is 9.18 Å². The Bertz CT molecular complexity index is 494. The van der Waals surface area contributed by atoms with Gasteiger partial charge >= 0.3 is 5.97 Å². The molecule has 0 N–H and O–H groups in total. The van der Waals surface area contributed by atoms with Gasteiger partial charge in [0.2, 0.25) is 0 Å². The summed E-state index contributed by atoms with van der Waals surface area (Å²) in [7, 11) is 0. The fraction of sp³-hybridized carbons (Fsp3) is 0. The number of carbonyl (C=O) groups is 1. The van der Waals surface area contributed by atoms with Gasteiger partial charge in [-0.2, -0.15) is 0 Å². The number of carbonyl (C=O) groups excluding carboxylic acids is 1. The number of esters is 1. The van der Waals surface area contributed by atoms with Gasteiger partial charge in [0.25, 0.3) is 0 Å². The Hall–Kier alpha value is -2.16. The van der Waals surface area contributed by atoms with Gasteiger partial charge in [0.1, 0.15) is 11.6 Å². The van der Waals surface area contributed by atoms with E-state index in [1.54, 1.807) is 30.3 Å². The van der Waals surface area contributed by atoms with Crippen molar-refractivity contribution in [1.82, 2.24) is 0 Å². The molecule has 0 aliphatic carbocycles. The molecule has 0 amide bonds. The third-order valence-corrected chi connectivity index (χ3v) is 1.99. The first-order valence-corrected chi connectivity index (χ1v) is 4.70. The molecule has 3 heteroatoms. The van der Waals surface area contributed by atoms with Gasteiger partial charge in [-0.1, -0.05) is 24.3 Å². The number of hydrogen-bond acceptors (Lipinski definition) is 2. The first kappa shape index (κ1) is 10.4. The third-order valence-electron chi connectivity index (χ3n) is 1.99. The average molecular weight is 215 g/mol. The lowest BCUT2D eigenvalue weighted by atomic mass is 10.2. The van der Waals surface area contributed by atoms with Gasteiger partial charge in [-0.05, 0) is 30.3 Å². The van der Waals surface area contributed by atoms with Crippen molar-refractivity contribution in [1.29, 1.82) is 0 Å². The number of rotatable bonds is 2. The minimum atomic E-state index is -0.704. The number of ether oxygens (including phenoxy) is 1. The summed E-state index contributed by atoms with van der Waals surface area (Å²) in [6, 6.07) is 14.9. The maximum Gasteiger partial charge on any atom is 0.346 e. The zero-order valence-electron chi connectivity index (χ0n) is 8.31. The van der Waals surface area contributed by atoms with Crippen LogP contribution >= 0.6 is 0 Å². The van der Waals surface area contributed by atoms with Gasteiger partial charge < -0.3 is 4.74 Å². The van der Waals surface area contributed by atoms with E-state index in [2.05, 4.69) is 6.07 Å². The van der Waals surface area contributed by atoms with E-state index in [1.807, 2.05) is 0 Å². The molecule has 0 bridgehead atoms. The van der Waals surface area contributed by atoms with Crippen molar-refractivity contribution in [2.75, 3.05) is 0 Å². The van der Waals surface area contributed by atoms with Crippen molar-refractivity contribution >= 4 is 5.97 Å². The second-order valence-electron chi connectivity index (χ2n) is 3.11. The molecule has 0 aliphatic rings. The molecular weight excluding hydrogens is 207 g/mol. The molecule has 2 rings (SSSR count). The maximum atomic E-state index is 13.2. The van der Waals surface area contributed by atoms with Crippen LogP contribution in [-0.2, 0) is 0 Å². The van der Waals surface area contributed by atoms with Crippen molar-refractivity contribution in [3.63, 3.8) is 0 Å². The number of benzene rings is 2. The van der Waals surface area contributed by atoms with Crippen molar-refractivity contribution in [2.45, 2.75) is 0 Å². The highest BCUT2D eigenvalue weighted by molar-refractivity contribution is 5.91. The summed E-state index contributed by atoms with van der Waals surface area (Å²) in [6.07, 6.45) is 0. The van der Waals surface area contributed by atoms with Crippen LogP contribution in [0.1, 0.15) is 10.4 Å². The molecule has 0 saturated heterocycles. The van der Waals surface area contributed by atoms with Crippen LogP contribution in [0.25, 0.3) is 0 Å². The zero-order chi connectivity index (χ0) is 11.4. The van der Waals surface area contributed by atoms with Crippen LogP contribution in [0.4, 0.5) is 4.39 Å². The summed E-state index contributed by atoms with van der Waals surface area (Å²) in [6.45, 7) is 0. The van der Waals surface area contributed by atoms with Gasteiger partial charge in [0, 0.05) is 0 Å². The van der Waals surface area contributed by atoms with Crippen LogP contribution in [0.15, 0.2) is 48.5 Å². The fourth-order valence-electron chi connectivity index (χ4n) is 1.23. The molecular formula is C13H8FO2. The van der Waals surface area contributed by atoms with Crippen molar-refractivity contribution < 1.29 is 13.9 Å². The zero-order valence-corrected chi connectivity index (χ0v) is 8.31. The van der Waals surface area contributed by atoms with Crippen molar-refractivity contribution in [2.24, 2.45) is 0 Å². The summed E-state index contributed by atoms with van der Waals surface area (Å²) in [5.74, 6) is -0.925. The van der Waals surface area contributed by atoms with Gasteiger partial charge in [-0.15, -0.1) is 0 Å². The summed E-state index contributed by atoms with van der Waals surface area (Å²) in [5, 5.41) is 0. The SMILES string of the molecule is O=C(Oc1cc[c]cc1)c1ccccc1F. The number of hydrogen-bond donors (Lipinski definition) is 0. The summed E-state index contributed by atoms with van der Waals surface area (Å²) in [4.78, 5) is 11.6. The predicted molar refractivity (Wildman–Crippen MR) is 56.6 cm³/mol. The lowest BCUT2D eigenvalue weighted by molar-refractivity contribution is 0.0730. The highest BCUT2D eigenvalue weighted by Crippen LogP contribution is 2.13. The predicted octanol–water partition coefficient (Wildman–Crippen LogP) is 2.85. The molecule has 0 atom stereocenters. The molecule has 0 aliphatic heterocycles. The van der Waals surface area contributed by atoms with E-state index in [9.17, 15) is 9.18 Å². The van der Waals surface area contributed by atoms with E-state index in [4.69, 9.17) is 4.74 Å². The topological polar surface area (TPSA) is 26.3 Å². The lowest BCUT2D eigenvalue weighted by Crippen LogP contribution is -2.10. The molecule has 2 aromatic carbocycles. The minimum Gasteiger partial charge on any atom is -0.423 e. The van der Waals surface area contributed by atoms with E-state index >= 15 is 0 Å². The Balaban J connectivity index is 2.19. The molecule has 79 valence electrons. The monoisotopic (exact) mass is 215 g/mol. The molecule has 0 saturated carbocycles. The van der Waals surface area contributed by atoms with Crippen LogP contribution in [-0.4, -0.2) is 5.97 Å². The highest BCUT2D eigenvalue weighted by Gasteiger charge is 2.12. The second kappa shape index (κ2) is 4.57. The van der Waals surface area contributed by atoms with Crippen molar-refractivity contribution in [3.8, 4) is 5.75 Å². The van der Waals surface area contributed by atoms with E-state index in [1.165, 1.54) is 18.2 Å². The van der Waals surface area contributed by atoms with Crippen LogP contribution in [0.5, 0.6) is 5.75 Å². The highest BCUT2D eigenvalue weighted by atomic mass is 19.1. The maximum absolute atomic E-state index is 13.2. The molecule has 0 aromatic heterocycles. The Morgan fingerprint density at radius 2 is 1.81 bits per heavy atom. The molecule has 0 fully saturated rings. The second-order valence-corrected chi connectivity index (χ2v) is 3.11. The Morgan fingerprint density at radius 3 is 2.50 bits per heavy atom. The summed E-state index contributed by atoms with van der Waals surface area (Å²) < 4.78 is 18.2. The van der Waals surface area contributed by atoms with E-state index in [-0.39, 0.29) is 5.56 Å². The van der Waals surface area contributed by atoms with E-state index in [0.29, 0.717) is 5.75 Å².